The normalized spacial score (nSPS) is 18.6. The third kappa shape index (κ3) is 1.90. The van der Waals surface area contributed by atoms with Crippen molar-refractivity contribution < 1.29 is 18.7 Å². The molecule has 2 rings (SSSR count). The highest BCUT2D eigenvalue weighted by atomic mass is 19.3. The fourth-order valence-electron chi connectivity index (χ4n) is 1.73. The van der Waals surface area contributed by atoms with Crippen molar-refractivity contribution in [1.29, 1.82) is 0 Å². The number of nitrogens with one attached hydrogen (secondary N) is 1. The summed E-state index contributed by atoms with van der Waals surface area (Å²) in [6.45, 7) is 0. The predicted molar refractivity (Wildman–Crippen MR) is 55.6 cm³/mol. The smallest absolute Gasteiger partial charge is 0.352 e. The monoisotopic (exact) mass is 245 g/mol. The summed E-state index contributed by atoms with van der Waals surface area (Å²) in [6.07, 6.45) is 3.06. The Kier molecular flexibility index (Phi) is 2.65. The minimum atomic E-state index is -3.78. The minimum absolute atomic E-state index is 0.0551. The van der Waals surface area contributed by atoms with E-state index in [1.807, 2.05) is 5.32 Å². The number of carbonyl (C=O) groups is 1. The highest BCUT2D eigenvalue weighted by Gasteiger charge is 2.61. The van der Waals surface area contributed by atoms with Crippen LogP contribution in [0.2, 0.25) is 0 Å². The molecule has 0 unspecified atom stereocenters. The lowest BCUT2D eigenvalue weighted by Gasteiger charge is -2.41. The summed E-state index contributed by atoms with van der Waals surface area (Å²) in [5, 5.41) is 15.3. The first-order chi connectivity index (χ1) is 7.85. The Labute approximate surface area is 96.4 Å². The molecule has 5 nitrogen and oxygen atoms in total. The Bertz CT molecular complexity index is 441. The molecule has 7 heteroatoms. The quantitative estimate of drug-likeness (QED) is 0.831. The maximum absolute atomic E-state index is 13.6. The van der Waals surface area contributed by atoms with Crippen LogP contribution < -0.4 is 5.32 Å². The molecular formula is C10H13F2N3O2. The van der Waals surface area contributed by atoms with Gasteiger partial charge in [0.2, 0.25) is 0 Å². The van der Waals surface area contributed by atoms with E-state index in [1.165, 1.54) is 17.1 Å². The molecule has 1 saturated carbocycles. The zero-order valence-corrected chi connectivity index (χ0v) is 9.28. The van der Waals surface area contributed by atoms with Crippen LogP contribution in [0.15, 0.2) is 12.4 Å². The topological polar surface area (TPSA) is 67.2 Å². The second-order valence-corrected chi connectivity index (χ2v) is 4.32. The summed E-state index contributed by atoms with van der Waals surface area (Å²) in [5.41, 5.74) is -2.01. The molecule has 1 fully saturated rings. The summed E-state index contributed by atoms with van der Waals surface area (Å²) < 4.78 is 28.7. The number of amides is 1. The van der Waals surface area contributed by atoms with Crippen molar-refractivity contribution in [1.82, 2.24) is 9.78 Å². The molecule has 1 aliphatic rings. The fraction of sp³-hybridized carbons (Fsp3) is 0.600. The van der Waals surface area contributed by atoms with Crippen LogP contribution >= 0.6 is 0 Å². The van der Waals surface area contributed by atoms with Gasteiger partial charge in [-0.3, -0.25) is 9.48 Å². The number of alkyl halides is 2. The third-order valence-corrected chi connectivity index (χ3v) is 3.01. The fourth-order valence-corrected chi connectivity index (χ4v) is 1.73. The van der Waals surface area contributed by atoms with Crippen molar-refractivity contribution in [3.8, 4) is 0 Å². The number of anilines is 1. The summed E-state index contributed by atoms with van der Waals surface area (Å²) in [6, 6.07) is 0. The van der Waals surface area contributed by atoms with E-state index in [0.717, 1.165) is 0 Å². The predicted octanol–water partition coefficient (Wildman–Crippen LogP) is 0.909. The molecule has 0 atom stereocenters. The van der Waals surface area contributed by atoms with Gasteiger partial charge < -0.3 is 10.4 Å². The Morgan fingerprint density at radius 3 is 2.71 bits per heavy atom. The van der Waals surface area contributed by atoms with E-state index in [2.05, 4.69) is 5.10 Å². The summed E-state index contributed by atoms with van der Waals surface area (Å²) >= 11 is 0. The van der Waals surface area contributed by atoms with Gasteiger partial charge in [-0.15, -0.1) is 0 Å². The van der Waals surface area contributed by atoms with Crippen LogP contribution in [0, 0.1) is 0 Å². The first kappa shape index (κ1) is 12.0. The Hall–Kier alpha value is -1.50. The van der Waals surface area contributed by atoms with Gasteiger partial charge >= 0.3 is 5.92 Å². The van der Waals surface area contributed by atoms with Gasteiger partial charge in [-0.2, -0.15) is 13.9 Å². The lowest BCUT2D eigenvalue weighted by atomic mass is 9.75. The lowest BCUT2D eigenvalue weighted by Crippen LogP contribution is -2.59. The zero-order valence-electron chi connectivity index (χ0n) is 9.28. The van der Waals surface area contributed by atoms with Crippen molar-refractivity contribution in [2.24, 2.45) is 7.05 Å². The number of hydrogen-bond donors (Lipinski definition) is 2. The molecule has 1 aliphatic carbocycles. The van der Waals surface area contributed by atoms with Crippen LogP contribution in [0.25, 0.3) is 0 Å². The maximum Gasteiger partial charge on any atom is 0.352 e. The molecule has 0 spiro atoms. The molecule has 17 heavy (non-hydrogen) atoms. The van der Waals surface area contributed by atoms with Gasteiger partial charge in [-0.25, -0.2) is 0 Å². The number of aryl methyl sites for hydroxylation is 1. The number of aromatic nitrogens is 2. The lowest BCUT2D eigenvalue weighted by molar-refractivity contribution is -0.212. The van der Waals surface area contributed by atoms with Crippen LogP contribution in [0.4, 0.5) is 14.5 Å². The van der Waals surface area contributed by atoms with Crippen molar-refractivity contribution in [2.75, 3.05) is 5.32 Å². The van der Waals surface area contributed by atoms with E-state index in [9.17, 15) is 18.7 Å². The number of aliphatic hydroxyl groups is 1. The Morgan fingerprint density at radius 1 is 1.65 bits per heavy atom. The molecule has 1 aromatic heterocycles. The third-order valence-electron chi connectivity index (χ3n) is 3.01. The van der Waals surface area contributed by atoms with Gasteiger partial charge in [-0.1, -0.05) is 0 Å². The molecule has 94 valence electrons. The van der Waals surface area contributed by atoms with Gasteiger partial charge in [0.05, 0.1) is 11.9 Å². The van der Waals surface area contributed by atoms with Crippen molar-refractivity contribution in [2.45, 2.75) is 30.8 Å². The Balaban J connectivity index is 2.09. The second kappa shape index (κ2) is 3.76. The standard InChI is InChI=1S/C10H13F2N3O2/c1-15-6-7(5-13-15)14-8(16)10(11,12)9(17)3-2-4-9/h5-6,17H,2-4H2,1H3,(H,14,16). The first-order valence-electron chi connectivity index (χ1n) is 5.25. The van der Waals surface area contributed by atoms with E-state index in [4.69, 9.17) is 0 Å². The molecule has 0 radical (unpaired) electrons. The molecule has 2 N–H and O–H groups in total. The zero-order chi connectivity index (χ0) is 12.7. The number of rotatable bonds is 3. The summed E-state index contributed by atoms with van der Waals surface area (Å²) in [4.78, 5) is 11.4. The van der Waals surface area contributed by atoms with Crippen LogP contribution in [-0.4, -0.2) is 32.3 Å². The molecule has 0 bridgehead atoms. The second-order valence-electron chi connectivity index (χ2n) is 4.32. The van der Waals surface area contributed by atoms with Gasteiger partial charge in [0, 0.05) is 13.2 Å². The SMILES string of the molecule is Cn1cc(NC(=O)C(F)(F)C2(O)CCC2)cn1. The maximum atomic E-state index is 13.6. The van der Waals surface area contributed by atoms with Crippen molar-refractivity contribution in [3.63, 3.8) is 0 Å². The van der Waals surface area contributed by atoms with Crippen LogP contribution in [0.3, 0.4) is 0 Å². The Morgan fingerprint density at radius 2 is 2.29 bits per heavy atom. The summed E-state index contributed by atoms with van der Waals surface area (Å²) in [7, 11) is 1.60. The average molecular weight is 245 g/mol. The first-order valence-corrected chi connectivity index (χ1v) is 5.25. The minimum Gasteiger partial charge on any atom is -0.383 e. The number of carbonyl (C=O) groups excluding carboxylic acids is 1. The number of nitrogens with zero attached hydrogens (tertiary/aromatic N) is 2. The molecule has 0 aromatic carbocycles. The van der Waals surface area contributed by atoms with Gasteiger partial charge in [0.25, 0.3) is 5.91 Å². The van der Waals surface area contributed by atoms with E-state index in [0.29, 0.717) is 6.42 Å². The van der Waals surface area contributed by atoms with Crippen molar-refractivity contribution >= 4 is 11.6 Å². The molecule has 0 saturated heterocycles. The number of hydrogen-bond acceptors (Lipinski definition) is 3. The van der Waals surface area contributed by atoms with Crippen LogP contribution in [0.1, 0.15) is 19.3 Å². The van der Waals surface area contributed by atoms with Gasteiger partial charge in [0.15, 0.2) is 0 Å². The highest BCUT2D eigenvalue weighted by Crippen LogP contribution is 2.44. The van der Waals surface area contributed by atoms with Gasteiger partial charge in [0.1, 0.15) is 5.60 Å². The average Bonchev–Trinajstić information content (AvgIpc) is 2.60. The van der Waals surface area contributed by atoms with Crippen molar-refractivity contribution in [3.05, 3.63) is 12.4 Å². The van der Waals surface area contributed by atoms with E-state index < -0.39 is 17.4 Å². The van der Waals surface area contributed by atoms with Crippen LogP contribution in [0.5, 0.6) is 0 Å². The largest absolute Gasteiger partial charge is 0.383 e. The number of halogens is 2. The molecular weight excluding hydrogens is 232 g/mol. The highest BCUT2D eigenvalue weighted by molar-refractivity contribution is 5.97. The van der Waals surface area contributed by atoms with E-state index in [-0.39, 0.29) is 18.5 Å². The summed E-state index contributed by atoms with van der Waals surface area (Å²) in [5.74, 6) is -5.27. The molecule has 1 amide bonds. The molecule has 1 heterocycles. The van der Waals surface area contributed by atoms with Crippen LogP contribution in [-0.2, 0) is 11.8 Å². The van der Waals surface area contributed by atoms with E-state index in [1.54, 1.807) is 7.05 Å². The molecule has 1 aromatic rings. The molecule has 0 aliphatic heterocycles. The van der Waals surface area contributed by atoms with E-state index >= 15 is 0 Å². The van der Waals surface area contributed by atoms with Gasteiger partial charge in [-0.05, 0) is 19.3 Å².